The maximum absolute atomic E-state index is 11.6. The Morgan fingerprint density at radius 1 is 0.760 bits per heavy atom. The third-order valence-corrected chi connectivity index (χ3v) is 4.94. The van der Waals surface area contributed by atoms with Gasteiger partial charge in [0.2, 0.25) is 4.90 Å². The number of nitrogens with zero attached hydrogens (tertiary/aromatic N) is 2. The third-order valence-electron chi connectivity index (χ3n) is 2.95. The summed E-state index contributed by atoms with van der Waals surface area (Å²) in [6, 6.07) is 4.16. The molecule has 0 aromatic heterocycles. The summed E-state index contributed by atoms with van der Waals surface area (Å²) in [4.78, 5) is 16.2. The molecule has 0 heterocycles. The second-order valence-electron chi connectivity index (χ2n) is 4.37. The molecule has 0 bridgehead atoms. The standard InChI is InChI=1S/C10H6N2O10S2.ClH/c13-11(14)7-5-3-1-2-4-6(5)9(23(17,18)19)10(24(20,21)22)8(7)12(15)16;/h1-4H,(H,17,18,19)(H,20,21,22);1H. The Hall–Kier alpha value is -2.39. The molecule has 136 valence electrons. The third kappa shape index (κ3) is 3.52. The highest BCUT2D eigenvalue weighted by molar-refractivity contribution is 7.89. The number of rotatable bonds is 4. The van der Waals surface area contributed by atoms with Gasteiger partial charge in [0.05, 0.1) is 15.2 Å². The van der Waals surface area contributed by atoms with Crippen molar-refractivity contribution in [3.8, 4) is 0 Å². The van der Waals surface area contributed by atoms with Crippen LogP contribution in [0.4, 0.5) is 11.4 Å². The number of halogens is 1. The highest BCUT2D eigenvalue weighted by Crippen LogP contribution is 2.45. The van der Waals surface area contributed by atoms with Crippen LogP contribution < -0.4 is 0 Å². The van der Waals surface area contributed by atoms with Crippen molar-refractivity contribution in [2.45, 2.75) is 9.79 Å². The average molecular weight is 415 g/mol. The van der Waals surface area contributed by atoms with Gasteiger partial charge in [-0.3, -0.25) is 29.3 Å². The van der Waals surface area contributed by atoms with Crippen molar-refractivity contribution in [1.82, 2.24) is 0 Å². The van der Waals surface area contributed by atoms with Gasteiger partial charge >= 0.3 is 21.5 Å². The molecule has 0 saturated carbocycles. The lowest BCUT2D eigenvalue weighted by atomic mass is 10.1. The van der Waals surface area contributed by atoms with Crippen LogP contribution in [-0.4, -0.2) is 35.8 Å². The molecule has 0 unspecified atom stereocenters. The molecular weight excluding hydrogens is 408 g/mol. The molecule has 0 aliphatic heterocycles. The van der Waals surface area contributed by atoms with Gasteiger partial charge in [-0.25, -0.2) is 0 Å². The van der Waals surface area contributed by atoms with E-state index < -0.39 is 62.0 Å². The molecular formula is C10H7ClN2O10S2. The van der Waals surface area contributed by atoms with Crippen molar-refractivity contribution < 1.29 is 35.8 Å². The molecule has 0 fully saturated rings. The van der Waals surface area contributed by atoms with Crippen molar-refractivity contribution in [3.05, 3.63) is 44.5 Å². The zero-order valence-corrected chi connectivity index (χ0v) is 14.0. The Balaban J connectivity index is 0.00000312. The second kappa shape index (κ2) is 6.49. The van der Waals surface area contributed by atoms with Gasteiger partial charge in [0.15, 0.2) is 0 Å². The fourth-order valence-electron chi connectivity index (χ4n) is 2.20. The summed E-state index contributed by atoms with van der Waals surface area (Å²) in [7, 11) is -11.0. The lowest BCUT2D eigenvalue weighted by Crippen LogP contribution is -2.14. The Morgan fingerprint density at radius 3 is 1.52 bits per heavy atom. The molecule has 0 amide bonds. The molecule has 25 heavy (non-hydrogen) atoms. The van der Waals surface area contributed by atoms with E-state index >= 15 is 0 Å². The molecule has 0 aliphatic carbocycles. The zero-order valence-electron chi connectivity index (χ0n) is 11.6. The zero-order chi connectivity index (χ0) is 18.4. The minimum atomic E-state index is -5.63. The molecule has 0 atom stereocenters. The average Bonchev–Trinajstić information content (AvgIpc) is 2.41. The first kappa shape index (κ1) is 20.7. The van der Waals surface area contributed by atoms with Gasteiger partial charge in [-0.05, 0) is 6.07 Å². The predicted molar refractivity (Wildman–Crippen MR) is 84.1 cm³/mol. The molecule has 0 radical (unpaired) electrons. The smallest absolute Gasteiger partial charge is 0.282 e. The van der Waals surface area contributed by atoms with Crippen molar-refractivity contribution >= 4 is 54.8 Å². The fourth-order valence-corrected chi connectivity index (χ4v) is 4.38. The summed E-state index contributed by atoms with van der Waals surface area (Å²) in [6.07, 6.45) is 0. The number of nitro groups is 2. The maximum Gasteiger partial charge on any atom is 0.369 e. The monoisotopic (exact) mass is 414 g/mol. The molecule has 0 aliphatic rings. The van der Waals surface area contributed by atoms with Crippen LogP contribution >= 0.6 is 12.4 Å². The van der Waals surface area contributed by atoms with E-state index in [-0.39, 0.29) is 12.4 Å². The van der Waals surface area contributed by atoms with Gasteiger partial charge < -0.3 is 0 Å². The van der Waals surface area contributed by atoms with Crippen molar-refractivity contribution in [3.63, 3.8) is 0 Å². The Bertz CT molecular complexity index is 1110. The van der Waals surface area contributed by atoms with E-state index in [0.29, 0.717) is 0 Å². The first-order valence-electron chi connectivity index (χ1n) is 5.69. The van der Waals surface area contributed by atoms with E-state index in [9.17, 15) is 46.2 Å². The van der Waals surface area contributed by atoms with E-state index in [0.717, 1.165) is 18.2 Å². The summed E-state index contributed by atoms with van der Waals surface area (Å²) in [5, 5.41) is 21.1. The van der Waals surface area contributed by atoms with Crippen molar-refractivity contribution in [2.24, 2.45) is 0 Å². The van der Waals surface area contributed by atoms with E-state index in [1.54, 1.807) is 0 Å². The van der Waals surface area contributed by atoms with Crippen LogP contribution in [0.2, 0.25) is 0 Å². The molecule has 15 heteroatoms. The summed E-state index contributed by atoms with van der Waals surface area (Å²) in [6.45, 7) is 0. The van der Waals surface area contributed by atoms with Crippen LogP contribution in [0, 0.1) is 20.2 Å². The van der Waals surface area contributed by atoms with Crippen molar-refractivity contribution in [2.75, 3.05) is 0 Å². The number of fused-ring (bicyclic) bond motifs is 1. The number of hydrogen-bond donors (Lipinski definition) is 2. The Morgan fingerprint density at radius 2 is 1.16 bits per heavy atom. The summed E-state index contributed by atoms with van der Waals surface area (Å²) in [5.74, 6) is 0. The molecule has 2 aromatic rings. The Labute approximate surface area is 145 Å². The summed E-state index contributed by atoms with van der Waals surface area (Å²) >= 11 is 0. The van der Waals surface area contributed by atoms with E-state index in [4.69, 9.17) is 0 Å². The highest BCUT2D eigenvalue weighted by Gasteiger charge is 2.43. The van der Waals surface area contributed by atoms with Crippen LogP contribution in [0.1, 0.15) is 0 Å². The Kier molecular flexibility index (Phi) is 5.36. The molecule has 2 aromatic carbocycles. The van der Waals surface area contributed by atoms with Gasteiger partial charge in [-0.15, -0.1) is 12.4 Å². The van der Waals surface area contributed by atoms with Crippen LogP contribution in [0.3, 0.4) is 0 Å². The number of benzene rings is 2. The number of hydrogen-bond acceptors (Lipinski definition) is 8. The van der Waals surface area contributed by atoms with E-state index in [1.807, 2.05) is 0 Å². The number of nitro benzene ring substituents is 2. The quantitative estimate of drug-likeness (QED) is 0.420. The first-order valence-corrected chi connectivity index (χ1v) is 8.58. The lowest BCUT2D eigenvalue weighted by Gasteiger charge is -2.10. The molecule has 0 spiro atoms. The minimum absolute atomic E-state index is 0. The van der Waals surface area contributed by atoms with Gasteiger partial charge in [-0.1, -0.05) is 18.2 Å². The van der Waals surface area contributed by atoms with Gasteiger partial charge in [-0.2, -0.15) is 16.8 Å². The molecule has 2 rings (SSSR count). The van der Waals surface area contributed by atoms with Crippen molar-refractivity contribution in [1.29, 1.82) is 0 Å². The van der Waals surface area contributed by atoms with Crippen LogP contribution in [-0.2, 0) is 20.2 Å². The topological polar surface area (TPSA) is 195 Å². The lowest BCUT2D eigenvalue weighted by molar-refractivity contribution is -0.423. The molecule has 2 N–H and O–H groups in total. The summed E-state index contributed by atoms with van der Waals surface area (Å²) in [5.41, 5.74) is -3.11. The maximum atomic E-state index is 11.6. The largest absolute Gasteiger partial charge is 0.369 e. The van der Waals surface area contributed by atoms with E-state index in [1.165, 1.54) is 6.07 Å². The van der Waals surface area contributed by atoms with Gasteiger partial charge in [0.1, 0.15) is 4.90 Å². The van der Waals surface area contributed by atoms with Crippen LogP contribution in [0.15, 0.2) is 34.1 Å². The predicted octanol–water partition coefficient (Wildman–Crippen LogP) is 1.57. The van der Waals surface area contributed by atoms with Gasteiger partial charge in [0, 0.05) is 5.39 Å². The second-order valence-corrected chi connectivity index (χ2v) is 7.08. The first-order chi connectivity index (χ1) is 10.9. The van der Waals surface area contributed by atoms with Crippen LogP contribution in [0.25, 0.3) is 10.8 Å². The molecule has 12 nitrogen and oxygen atoms in total. The van der Waals surface area contributed by atoms with Gasteiger partial charge in [0.25, 0.3) is 10.1 Å². The summed E-state index contributed by atoms with van der Waals surface area (Å²) < 4.78 is 64.6. The fraction of sp³-hybridized carbons (Fsp3) is 0. The van der Waals surface area contributed by atoms with E-state index in [2.05, 4.69) is 0 Å². The molecule has 0 saturated heterocycles. The normalized spacial score (nSPS) is 11.8. The van der Waals surface area contributed by atoms with Crippen LogP contribution in [0.5, 0.6) is 0 Å². The highest BCUT2D eigenvalue weighted by atomic mass is 35.5. The SMILES string of the molecule is Cl.O=[N+]([O-])c1c(S(=O)(=O)O)c(S(=O)(=O)O)c2ccccc2c1[N+](=O)[O-]. The minimum Gasteiger partial charge on any atom is -0.282 e.